The van der Waals surface area contributed by atoms with Gasteiger partial charge in [0.05, 0.1) is 25.2 Å². The van der Waals surface area contributed by atoms with Crippen LogP contribution in [0.2, 0.25) is 0 Å². The predicted molar refractivity (Wildman–Crippen MR) is 94.9 cm³/mol. The molecule has 1 amide bonds. The van der Waals surface area contributed by atoms with Gasteiger partial charge < -0.3 is 29.4 Å². The highest BCUT2D eigenvalue weighted by molar-refractivity contribution is 5.87. The molecule has 0 saturated carbocycles. The van der Waals surface area contributed by atoms with Crippen LogP contribution in [-0.2, 0) is 23.7 Å². The smallest absolute Gasteiger partial charge is 0.351 e. The fraction of sp³-hybridized carbons (Fsp3) is 0.647. The van der Waals surface area contributed by atoms with E-state index in [9.17, 15) is 14.7 Å². The highest BCUT2D eigenvalue weighted by atomic mass is 16.7. The minimum absolute atomic E-state index is 0.0693. The second-order valence-corrected chi connectivity index (χ2v) is 6.04. The standard InChI is InChI=1S/C17H24N4O7/c1-3-12-14(23)15(27-10-26-9-25-8-4-6-18)16(28-12)21-7-5-13(19-11(2)22)20-17(21)24/h5,7,12,14-16,23H,3-4,8-10H2,1-2H3,(H,19,20,22,24)/t12-,14+,15?,16-/m1/s1. The maximum atomic E-state index is 12.3. The molecule has 1 aliphatic rings. The lowest BCUT2D eigenvalue weighted by Crippen LogP contribution is -2.38. The van der Waals surface area contributed by atoms with Gasteiger partial charge in [-0.3, -0.25) is 9.36 Å². The van der Waals surface area contributed by atoms with Crippen LogP contribution in [0.3, 0.4) is 0 Å². The maximum absolute atomic E-state index is 12.3. The fourth-order valence-electron chi connectivity index (χ4n) is 2.71. The van der Waals surface area contributed by atoms with Crippen LogP contribution in [0.4, 0.5) is 5.82 Å². The fourth-order valence-corrected chi connectivity index (χ4v) is 2.71. The molecule has 2 N–H and O–H groups in total. The number of rotatable bonds is 10. The van der Waals surface area contributed by atoms with E-state index in [0.29, 0.717) is 6.42 Å². The van der Waals surface area contributed by atoms with E-state index in [-0.39, 0.29) is 38.3 Å². The number of carbonyl (C=O) groups excluding carboxylic acids is 1. The van der Waals surface area contributed by atoms with Gasteiger partial charge in [-0.1, -0.05) is 6.92 Å². The number of nitriles is 1. The summed E-state index contributed by atoms with van der Waals surface area (Å²) in [5.74, 6) is -0.228. The maximum Gasteiger partial charge on any atom is 0.351 e. The summed E-state index contributed by atoms with van der Waals surface area (Å²) in [4.78, 5) is 27.2. The third kappa shape index (κ3) is 5.82. The number of amides is 1. The Labute approximate surface area is 161 Å². The first-order chi connectivity index (χ1) is 13.5. The van der Waals surface area contributed by atoms with E-state index >= 15 is 0 Å². The molecular formula is C17H24N4O7. The van der Waals surface area contributed by atoms with Crippen molar-refractivity contribution in [2.24, 2.45) is 0 Å². The van der Waals surface area contributed by atoms with Crippen molar-refractivity contribution in [3.05, 3.63) is 22.7 Å². The summed E-state index contributed by atoms with van der Waals surface area (Å²) < 4.78 is 22.8. The predicted octanol–water partition coefficient (Wildman–Crippen LogP) is 0.117. The molecule has 0 radical (unpaired) electrons. The van der Waals surface area contributed by atoms with Crippen molar-refractivity contribution < 1.29 is 28.8 Å². The van der Waals surface area contributed by atoms with Crippen molar-refractivity contribution >= 4 is 11.7 Å². The van der Waals surface area contributed by atoms with Crippen molar-refractivity contribution in [1.29, 1.82) is 5.26 Å². The van der Waals surface area contributed by atoms with Crippen LogP contribution in [0.5, 0.6) is 0 Å². The lowest BCUT2D eigenvalue weighted by Gasteiger charge is -2.22. The molecule has 0 aliphatic carbocycles. The van der Waals surface area contributed by atoms with Crippen LogP contribution in [0.1, 0.15) is 32.9 Å². The highest BCUT2D eigenvalue weighted by Gasteiger charge is 2.45. The molecule has 154 valence electrons. The summed E-state index contributed by atoms with van der Waals surface area (Å²) in [6.07, 6.45) is -1.09. The molecular weight excluding hydrogens is 372 g/mol. The van der Waals surface area contributed by atoms with Crippen LogP contribution in [-0.4, -0.2) is 59.1 Å². The number of carbonyl (C=O) groups is 1. The first kappa shape index (κ1) is 21.9. The van der Waals surface area contributed by atoms with Crippen LogP contribution >= 0.6 is 0 Å². The molecule has 0 spiro atoms. The van der Waals surface area contributed by atoms with E-state index in [4.69, 9.17) is 24.2 Å². The van der Waals surface area contributed by atoms with Gasteiger partial charge in [0.2, 0.25) is 5.91 Å². The molecule has 0 aromatic carbocycles. The number of aliphatic hydroxyl groups excluding tert-OH is 1. The molecule has 0 bridgehead atoms. The average molecular weight is 396 g/mol. The first-order valence-electron chi connectivity index (χ1n) is 8.82. The van der Waals surface area contributed by atoms with Gasteiger partial charge in [0.25, 0.3) is 0 Å². The van der Waals surface area contributed by atoms with Crippen molar-refractivity contribution in [3.8, 4) is 6.07 Å². The number of hydrogen-bond donors (Lipinski definition) is 2. The van der Waals surface area contributed by atoms with Gasteiger partial charge in [0, 0.05) is 13.1 Å². The molecule has 2 heterocycles. The van der Waals surface area contributed by atoms with Crippen LogP contribution < -0.4 is 11.0 Å². The third-order valence-corrected chi connectivity index (χ3v) is 3.99. The third-order valence-electron chi connectivity index (χ3n) is 3.99. The molecule has 1 aromatic heterocycles. The van der Waals surface area contributed by atoms with Gasteiger partial charge in [-0.15, -0.1) is 0 Å². The summed E-state index contributed by atoms with van der Waals surface area (Å²) in [5, 5.41) is 21.3. The molecule has 1 unspecified atom stereocenters. The van der Waals surface area contributed by atoms with Gasteiger partial charge in [-0.05, 0) is 12.5 Å². The summed E-state index contributed by atoms with van der Waals surface area (Å²) in [5.41, 5.74) is -0.658. The van der Waals surface area contributed by atoms with Crippen molar-refractivity contribution in [2.45, 2.75) is 51.2 Å². The number of hydrogen-bond acceptors (Lipinski definition) is 9. The number of aliphatic hydroxyl groups is 1. The zero-order valence-corrected chi connectivity index (χ0v) is 15.7. The van der Waals surface area contributed by atoms with Crippen molar-refractivity contribution in [1.82, 2.24) is 9.55 Å². The molecule has 1 saturated heterocycles. The molecule has 1 aliphatic heterocycles. The molecule has 11 nitrogen and oxygen atoms in total. The molecule has 11 heteroatoms. The minimum atomic E-state index is -0.972. The Bertz CT molecular complexity index is 748. The highest BCUT2D eigenvalue weighted by Crippen LogP contribution is 2.32. The molecule has 28 heavy (non-hydrogen) atoms. The molecule has 1 fully saturated rings. The van der Waals surface area contributed by atoms with Gasteiger partial charge in [-0.2, -0.15) is 10.2 Å². The van der Waals surface area contributed by atoms with E-state index in [2.05, 4.69) is 10.3 Å². The van der Waals surface area contributed by atoms with Gasteiger partial charge in [0.15, 0.2) is 6.23 Å². The van der Waals surface area contributed by atoms with Gasteiger partial charge in [-0.25, -0.2) is 4.79 Å². The topological polar surface area (TPSA) is 145 Å². The van der Waals surface area contributed by atoms with E-state index in [1.165, 1.54) is 23.8 Å². The number of nitrogens with one attached hydrogen (secondary N) is 1. The Hall–Kier alpha value is -2.36. The minimum Gasteiger partial charge on any atom is -0.388 e. The van der Waals surface area contributed by atoms with E-state index in [1.54, 1.807) is 0 Å². The second-order valence-electron chi connectivity index (χ2n) is 6.04. The van der Waals surface area contributed by atoms with E-state index < -0.39 is 30.2 Å². The average Bonchev–Trinajstić information content (AvgIpc) is 2.96. The SMILES string of the molecule is CC[C@H]1O[C@@H](n2ccc(NC(C)=O)nc2=O)C(OCOCOCCC#N)[C@H]1O. The summed E-state index contributed by atoms with van der Waals surface area (Å²) >= 11 is 0. The quantitative estimate of drug-likeness (QED) is 0.416. The van der Waals surface area contributed by atoms with Crippen LogP contribution in [0.15, 0.2) is 17.1 Å². The number of nitrogens with zero attached hydrogens (tertiary/aromatic N) is 3. The summed E-state index contributed by atoms with van der Waals surface area (Å²) in [7, 11) is 0. The molecule has 1 aromatic rings. The number of ether oxygens (including phenoxy) is 4. The zero-order chi connectivity index (χ0) is 20.5. The summed E-state index contributed by atoms with van der Waals surface area (Å²) in [6.45, 7) is 3.13. The van der Waals surface area contributed by atoms with Gasteiger partial charge >= 0.3 is 5.69 Å². The van der Waals surface area contributed by atoms with E-state index in [1.807, 2.05) is 13.0 Å². The Morgan fingerprint density at radius 3 is 2.89 bits per heavy atom. The van der Waals surface area contributed by atoms with Crippen LogP contribution in [0.25, 0.3) is 0 Å². The zero-order valence-electron chi connectivity index (χ0n) is 15.7. The monoisotopic (exact) mass is 396 g/mol. The first-order valence-corrected chi connectivity index (χ1v) is 8.82. The normalized spacial score (nSPS) is 24.1. The van der Waals surface area contributed by atoms with Crippen molar-refractivity contribution in [3.63, 3.8) is 0 Å². The van der Waals surface area contributed by atoms with Crippen molar-refractivity contribution in [2.75, 3.05) is 25.5 Å². The summed E-state index contributed by atoms with van der Waals surface area (Å²) in [6, 6.07) is 3.39. The van der Waals surface area contributed by atoms with Gasteiger partial charge in [0.1, 0.15) is 31.6 Å². The number of anilines is 1. The lowest BCUT2D eigenvalue weighted by atomic mass is 10.1. The molecule has 4 atom stereocenters. The number of aromatic nitrogens is 2. The lowest BCUT2D eigenvalue weighted by molar-refractivity contribution is -0.175. The Kier molecular flexibility index (Phi) is 8.49. The second kappa shape index (κ2) is 10.8. The Morgan fingerprint density at radius 1 is 1.46 bits per heavy atom. The Balaban J connectivity index is 2.03. The Morgan fingerprint density at radius 2 is 2.25 bits per heavy atom. The van der Waals surface area contributed by atoms with Crippen LogP contribution in [0, 0.1) is 11.3 Å². The largest absolute Gasteiger partial charge is 0.388 e. The molecule has 2 rings (SSSR count). The van der Waals surface area contributed by atoms with E-state index in [0.717, 1.165) is 0 Å².